The van der Waals surface area contributed by atoms with Crippen molar-refractivity contribution in [3.05, 3.63) is 65.7 Å². The molecule has 0 atom stereocenters. The quantitative estimate of drug-likeness (QED) is 0.771. The van der Waals surface area contributed by atoms with Crippen LogP contribution < -0.4 is 11.1 Å². The fourth-order valence-electron chi connectivity index (χ4n) is 2.20. The van der Waals surface area contributed by atoms with E-state index in [0.29, 0.717) is 24.1 Å². The topological polar surface area (TPSA) is 89.3 Å². The van der Waals surface area contributed by atoms with Gasteiger partial charge in [0.15, 0.2) is 5.78 Å². The largest absolute Gasteiger partial charge is 0.366 e. The Balaban J connectivity index is 1.84. The molecule has 0 saturated carbocycles. The monoisotopic (exact) mass is 310 g/mol. The first kappa shape index (κ1) is 16.4. The van der Waals surface area contributed by atoms with Crippen LogP contribution in [0.2, 0.25) is 0 Å². The summed E-state index contributed by atoms with van der Waals surface area (Å²) in [6.45, 7) is 0. The number of carbonyl (C=O) groups excluding carboxylic acids is 3. The van der Waals surface area contributed by atoms with Crippen molar-refractivity contribution < 1.29 is 14.4 Å². The Morgan fingerprint density at radius 1 is 0.870 bits per heavy atom. The zero-order valence-electron chi connectivity index (χ0n) is 12.6. The zero-order chi connectivity index (χ0) is 16.7. The Bertz CT molecular complexity index is 711. The van der Waals surface area contributed by atoms with Gasteiger partial charge >= 0.3 is 0 Å². The van der Waals surface area contributed by atoms with Crippen LogP contribution >= 0.6 is 0 Å². The molecular weight excluding hydrogens is 292 g/mol. The molecule has 5 nitrogen and oxygen atoms in total. The molecule has 0 heterocycles. The molecule has 0 bridgehead atoms. The number of nitrogens with one attached hydrogen (secondary N) is 1. The second-order valence-corrected chi connectivity index (χ2v) is 5.10. The van der Waals surface area contributed by atoms with Gasteiger partial charge in [0.25, 0.3) is 5.91 Å². The van der Waals surface area contributed by atoms with Crippen molar-refractivity contribution in [1.82, 2.24) is 0 Å². The molecule has 0 spiro atoms. The smallest absolute Gasteiger partial charge is 0.250 e. The van der Waals surface area contributed by atoms with Crippen molar-refractivity contribution in [2.45, 2.75) is 19.3 Å². The van der Waals surface area contributed by atoms with Crippen molar-refractivity contribution in [2.24, 2.45) is 5.73 Å². The van der Waals surface area contributed by atoms with Crippen LogP contribution in [0, 0.1) is 0 Å². The Labute approximate surface area is 134 Å². The summed E-state index contributed by atoms with van der Waals surface area (Å²) in [6.07, 6.45) is 0.943. The highest BCUT2D eigenvalue weighted by Crippen LogP contribution is 2.15. The van der Waals surface area contributed by atoms with Gasteiger partial charge in [0.05, 0.1) is 11.3 Å². The third-order valence-corrected chi connectivity index (χ3v) is 3.37. The summed E-state index contributed by atoms with van der Waals surface area (Å²) in [5.41, 5.74) is 6.56. The molecule has 0 radical (unpaired) electrons. The van der Waals surface area contributed by atoms with E-state index in [1.807, 2.05) is 6.07 Å². The van der Waals surface area contributed by atoms with Crippen molar-refractivity contribution >= 4 is 23.3 Å². The Morgan fingerprint density at radius 2 is 1.52 bits per heavy atom. The van der Waals surface area contributed by atoms with Crippen LogP contribution in [-0.4, -0.2) is 17.6 Å². The minimum absolute atomic E-state index is 0.0101. The van der Waals surface area contributed by atoms with Crippen LogP contribution in [0.25, 0.3) is 0 Å². The van der Waals surface area contributed by atoms with Gasteiger partial charge in [-0.25, -0.2) is 0 Å². The molecule has 0 aliphatic heterocycles. The summed E-state index contributed by atoms with van der Waals surface area (Å²) in [7, 11) is 0. The average Bonchev–Trinajstić information content (AvgIpc) is 2.56. The number of hydrogen-bond acceptors (Lipinski definition) is 3. The molecule has 0 unspecified atom stereocenters. The first-order chi connectivity index (χ1) is 11.1. The lowest BCUT2D eigenvalue weighted by molar-refractivity contribution is -0.116. The molecule has 3 N–H and O–H groups in total. The molecule has 2 amide bonds. The summed E-state index contributed by atoms with van der Waals surface area (Å²) in [6, 6.07) is 15.5. The maximum Gasteiger partial charge on any atom is 0.250 e. The number of para-hydroxylation sites is 1. The molecule has 2 aromatic carbocycles. The van der Waals surface area contributed by atoms with Crippen LogP contribution in [0.15, 0.2) is 54.6 Å². The predicted octanol–water partition coefficient (Wildman–Crippen LogP) is 2.78. The number of anilines is 1. The van der Waals surface area contributed by atoms with Gasteiger partial charge in [-0.1, -0.05) is 42.5 Å². The molecule has 23 heavy (non-hydrogen) atoms. The predicted molar refractivity (Wildman–Crippen MR) is 88.2 cm³/mol. The fraction of sp³-hybridized carbons (Fsp3) is 0.167. The lowest BCUT2D eigenvalue weighted by Gasteiger charge is -2.08. The van der Waals surface area contributed by atoms with Crippen LogP contribution in [0.3, 0.4) is 0 Å². The highest BCUT2D eigenvalue weighted by atomic mass is 16.2. The fourth-order valence-corrected chi connectivity index (χ4v) is 2.20. The van der Waals surface area contributed by atoms with E-state index in [9.17, 15) is 14.4 Å². The number of rotatable bonds is 7. The van der Waals surface area contributed by atoms with Crippen molar-refractivity contribution in [1.29, 1.82) is 0 Å². The van der Waals surface area contributed by atoms with E-state index in [1.54, 1.807) is 48.5 Å². The number of carbonyl (C=O) groups is 3. The SMILES string of the molecule is NC(=O)c1ccccc1NC(=O)CCCC(=O)c1ccccc1. The van der Waals surface area contributed by atoms with Crippen LogP contribution in [0.1, 0.15) is 40.0 Å². The molecule has 0 aliphatic rings. The molecule has 0 aliphatic carbocycles. The number of Topliss-reactive ketones (excluding diaryl/α,β-unsaturated/α-hetero) is 1. The second kappa shape index (κ2) is 7.89. The summed E-state index contributed by atoms with van der Waals surface area (Å²) >= 11 is 0. The zero-order valence-corrected chi connectivity index (χ0v) is 12.6. The molecule has 0 aromatic heterocycles. The number of primary amides is 1. The van der Waals surface area contributed by atoms with Crippen molar-refractivity contribution in [2.75, 3.05) is 5.32 Å². The summed E-state index contributed by atoms with van der Waals surface area (Å²) < 4.78 is 0. The highest BCUT2D eigenvalue weighted by Gasteiger charge is 2.11. The van der Waals surface area contributed by atoms with Crippen molar-refractivity contribution in [3.8, 4) is 0 Å². The number of hydrogen-bond donors (Lipinski definition) is 2. The third kappa shape index (κ3) is 4.78. The summed E-state index contributed by atoms with van der Waals surface area (Å²) in [4.78, 5) is 35.2. The number of ketones is 1. The highest BCUT2D eigenvalue weighted by molar-refractivity contribution is 6.03. The Morgan fingerprint density at radius 3 is 2.22 bits per heavy atom. The van der Waals surface area contributed by atoms with Gasteiger partial charge in [-0.15, -0.1) is 0 Å². The normalized spacial score (nSPS) is 10.1. The third-order valence-electron chi connectivity index (χ3n) is 3.37. The van der Waals surface area contributed by atoms with Gasteiger partial charge < -0.3 is 11.1 Å². The van der Waals surface area contributed by atoms with E-state index in [2.05, 4.69) is 5.32 Å². The maximum atomic E-state index is 11.9. The van der Waals surface area contributed by atoms with Gasteiger partial charge in [-0.2, -0.15) is 0 Å². The number of nitrogens with two attached hydrogens (primary N) is 1. The van der Waals surface area contributed by atoms with E-state index in [4.69, 9.17) is 5.73 Å². The number of benzene rings is 2. The van der Waals surface area contributed by atoms with Crippen molar-refractivity contribution in [3.63, 3.8) is 0 Å². The van der Waals surface area contributed by atoms with E-state index >= 15 is 0 Å². The van der Waals surface area contributed by atoms with Gasteiger partial charge in [-0.3, -0.25) is 14.4 Å². The van der Waals surface area contributed by atoms with E-state index in [1.165, 1.54) is 0 Å². The van der Waals surface area contributed by atoms with E-state index in [-0.39, 0.29) is 23.7 Å². The average molecular weight is 310 g/mol. The first-order valence-corrected chi connectivity index (χ1v) is 7.35. The molecule has 0 saturated heterocycles. The van der Waals surface area contributed by atoms with Crippen LogP contribution in [0.5, 0.6) is 0 Å². The van der Waals surface area contributed by atoms with Gasteiger partial charge in [0.1, 0.15) is 0 Å². The Kier molecular flexibility index (Phi) is 5.63. The number of amides is 2. The van der Waals surface area contributed by atoms with Crippen LogP contribution in [0.4, 0.5) is 5.69 Å². The molecule has 2 rings (SSSR count). The van der Waals surface area contributed by atoms with Gasteiger partial charge in [-0.05, 0) is 18.6 Å². The van der Waals surface area contributed by atoms with Gasteiger partial charge in [0.2, 0.25) is 5.91 Å². The summed E-state index contributed by atoms with van der Waals surface area (Å²) in [5, 5.41) is 2.65. The molecule has 2 aromatic rings. The first-order valence-electron chi connectivity index (χ1n) is 7.35. The molecule has 0 fully saturated rings. The van der Waals surface area contributed by atoms with Crippen LogP contribution in [-0.2, 0) is 4.79 Å². The maximum absolute atomic E-state index is 11.9. The minimum atomic E-state index is -0.597. The molecular formula is C18H18N2O3. The second-order valence-electron chi connectivity index (χ2n) is 5.10. The van der Waals surface area contributed by atoms with E-state index < -0.39 is 5.91 Å². The summed E-state index contributed by atoms with van der Waals surface area (Å²) in [5.74, 6) is -0.837. The van der Waals surface area contributed by atoms with E-state index in [0.717, 1.165) is 0 Å². The lowest BCUT2D eigenvalue weighted by Crippen LogP contribution is -2.18. The Hall–Kier alpha value is -2.95. The molecule has 118 valence electrons. The van der Waals surface area contributed by atoms with Gasteiger partial charge in [0, 0.05) is 18.4 Å². The standard InChI is InChI=1S/C18H18N2O3/c19-18(23)14-9-4-5-10-15(14)20-17(22)12-6-11-16(21)13-7-2-1-3-8-13/h1-5,7-10H,6,11-12H2,(H2,19,23)(H,20,22). The lowest BCUT2D eigenvalue weighted by atomic mass is 10.1. The molecule has 5 heteroatoms. The minimum Gasteiger partial charge on any atom is -0.366 e.